The fraction of sp³-hybridized carbons (Fsp3) is 0.219. The number of hydrogen-bond acceptors (Lipinski definition) is 7. The number of likely N-dealkylation sites (tertiary alicyclic amines) is 1. The van der Waals surface area contributed by atoms with E-state index >= 15 is 0 Å². The zero-order valence-electron chi connectivity index (χ0n) is 21.8. The minimum Gasteiger partial charge on any atom is -0.530 e. The van der Waals surface area contributed by atoms with Crippen molar-refractivity contribution in [3.63, 3.8) is 0 Å². The minimum absolute atomic E-state index is 0.0366. The Bertz CT molecular complexity index is 1590. The van der Waals surface area contributed by atoms with Gasteiger partial charge in [0.2, 0.25) is 5.89 Å². The van der Waals surface area contributed by atoms with Gasteiger partial charge in [-0.1, -0.05) is 66.7 Å². The molecule has 6 rings (SSSR count). The summed E-state index contributed by atoms with van der Waals surface area (Å²) in [6.07, 6.45) is -0.835. The van der Waals surface area contributed by atoms with E-state index in [4.69, 9.17) is 13.9 Å². The predicted octanol–water partition coefficient (Wildman–Crippen LogP) is 5.19. The van der Waals surface area contributed by atoms with E-state index in [9.17, 15) is 9.90 Å². The fourth-order valence-electron chi connectivity index (χ4n) is 5.13. The molecule has 1 fully saturated rings. The summed E-state index contributed by atoms with van der Waals surface area (Å²) in [5.74, 6) is 1.55. The molecular formula is C32H28N3O5-. The van der Waals surface area contributed by atoms with Gasteiger partial charge in [-0.2, -0.15) is 0 Å². The average Bonchev–Trinajstić information content (AvgIpc) is 3.49. The SMILES string of the molecule is O=C([O-])N1CCC(c2ccc(OCc3nnc(-c4ccccc4)o3)cc2)C(OCc2ccc3ccccc3c2)C1. The normalized spacial score (nSPS) is 17.1. The number of carbonyl (C=O) groups is 1. The number of rotatable bonds is 8. The van der Waals surface area contributed by atoms with Gasteiger partial charge in [0.25, 0.3) is 5.89 Å². The lowest BCUT2D eigenvalue weighted by molar-refractivity contribution is -0.268. The summed E-state index contributed by atoms with van der Waals surface area (Å²) in [7, 11) is 0. The topological polar surface area (TPSA) is 101 Å². The summed E-state index contributed by atoms with van der Waals surface area (Å²) in [6.45, 7) is 1.21. The molecule has 1 saturated heterocycles. The molecule has 40 heavy (non-hydrogen) atoms. The van der Waals surface area contributed by atoms with Crippen molar-refractivity contribution in [1.29, 1.82) is 0 Å². The van der Waals surface area contributed by atoms with Crippen molar-refractivity contribution in [3.05, 3.63) is 114 Å². The molecule has 5 aromatic rings. The van der Waals surface area contributed by atoms with Gasteiger partial charge in [-0.3, -0.25) is 0 Å². The maximum absolute atomic E-state index is 11.6. The molecule has 1 aromatic heterocycles. The van der Waals surface area contributed by atoms with E-state index in [1.54, 1.807) is 0 Å². The molecule has 0 saturated carbocycles. The molecule has 0 aliphatic carbocycles. The third-order valence-electron chi connectivity index (χ3n) is 7.25. The Morgan fingerprint density at radius 1 is 0.900 bits per heavy atom. The summed E-state index contributed by atoms with van der Waals surface area (Å²) < 4.78 is 17.9. The molecule has 1 aliphatic rings. The number of amides is 1. The van der Waals surface area contributed by atoms with Crippen LogP contribution in [-0.4, -0.2) is 40.4 Å². The number of fused-ring (bicyclic) bond motifs is 1. The minimum atomic E-state index is -1.17. The highest BCUT2D eigenvalue weighted by Gasteiger charge is 2.31. The third-order valence-corrected chi connectivity index (χ3v) is 7.25. The molecule has 0 spiro atoms. The number of benzene rings is 4. The van der Waals surface area contributed by atoms with E-state index in [-0.39, 0.29) is 25.2 Å². The van der Waals surface area contributed by atoms with Crippen LogP contribution in [0.15, 0.2) is 101 Å². The standard InChI is InChI=1S/C32H29N3O5/c36-32(37)35-17-16-28(29(19-35)39-20-22-10-11-23-6-4-5-9-26(23)18-22)24-12-14-27(15-13-24)38-21-30-33-34-31(40-30)25-7-2-1-3-8-25/h1-15,18,28-29H,16-17,19-21H2,(H,36,37)/p-1. The van der Waals surface area contributed by atoms with Crippen molar-refractivity contribution in [2.24, 2.45) is 0 Å². The molecule has 8 heteroatoms. The molecule has 8 nitrogen and oxygen atoms in total. The van der Waals surface area contributed by atoms with Crippen LogP contribution in [0.1, 0.15) is 29.4 Å². The highest BCUT2D eigenvalue weighted by atomic mass is 16.5. The Balaban J connectivity index is 1.11. The number of hydrogen-bond donors (Lipinski definition) is 0. The second-order valence-electron chi connectivity index (χ2n) is 9.86. The van der Waals surface area contributed by atoms with Gasteiger partial charge in [-0.05, 0) is 58.7 Å². The lowest BCUT2D eigenvalue weighted by Crippen LogP contribution is -2.51. The first-order valence-electron chi connectivity index (χ1n) is 13.3. The molecule has 2 atom stereocenters. The van der Waals surface area contributed by atoms with Crippen LogP contribution in [0.4, 0.5) is 4.79 Å². The lowest BCUT2D eigenvalue weighted by Gasteiger charge is -2.40. The van der Waals surface area contributed by atoms with Crippen LogP contribution in [0.25, 0.3) is 22.2 Å². The molecule has 4 aromatic carbocycles. The number of aromatic nitrogens is 2. The van der Waals surface area contributed by atoms with Gasteiger partial charge in [0.15, 0.2) is 6.61 Å². The van der Waals surface area contributed by atoms with E-state index in [1.165, 1.54) is 10.3 Å². The van der Waals surface area contributed by atoms with E-state index in [2.05, 4.69) is 40.5 Å². The zero-order valence-corrected chi connectivity index (χ0v) is 21.8. The Morgan fingerprint density at radius 3 is 2.48 bits per heavy atom. The molecule has 1 amide bonds. The molecular weight excluding hydrogens is 506 g/mol. The van der Waals surface area contributed by atoms with Crippen LogP contribution in [0.3, 0.4) is 0 Å². The van der Waals surface area contributed by atoms with Crippen LogP contribution in [0.2, 0.25) is 0 Å². The second kappa shape index (κ2) is 11.6. The van der Waals surface area contributed by atoms with Crippen LogP contribution < -0.4 is 9.84 Å². The van der Waals surface area contributed by atoms with Gasteiger partial charge in [0.1, 0.15) is 11.8 Å². The van der Waals surface area contributed by atoms with Crippen molar-refractivity contribution in [2.45, 2.75) is 31.7 Å². The summed E-state index contributed by atoms with van der Waals surface area (Å²) >= 11 is 0. The first-order valence-corrected chi connectivity index (χ1v) is 13.3. The highest BCUT2D eigenvalue weighted by molar-refractivity contribution is 5.82. The first kappa shape index (κ1) is 25.6. The Hall–Kier alpha value is -4.69. The first-order chi connectivity index (χ1) is 19.6. The van der Waals surface area contributed by atoms with Crippen molar-refractivity contribution in [2.75, 3.05) is 13.1 Å². The fourth-order valence-corrected chi connectivity index (χ4v) is 5.13. The van der Waals surface area contributed by atoms with Gasteiger partial charge < -0.3 is 28.7 Å². The summed E-state index contributed by atoms with van der Waals surface area (Å²) in [4.78, 5) is 12.9. The van der Waals surface area contributed by atoms with Gasteiger partial charge >= 0.3 is 0 Å². The molecule has 0 N–H and O–H groups in total. The number of nitrogens with zero attached hydrogens (tertiary/aromatic N) is 3. The molecule has 1 aliphatic heterocycles. The van der Waals surface area contributed by atoms with Crippen LogP contribution in [0.5, 0.6) is 5.75 Å². The van der Waals surface area contributed by atoms with Crippen LogP contribution in [-0.2, 0) is 18.0 Å². The van der Waals surface area contributed by atoms with Gasteiger partial charge in [0, 0.05) is 24.6 Å². The molecule has 202 valence electrons. The average molecular weight is 535 g/mol. The zero-order chi connectivity index (χ0) is 27.3. The maximum atomic E-state index is 11.6. The molecule has 2 unspecified atom stereocenters. The summed E-state index contributed by atoms with van der Waals surface area (Å²) in [6, 6.07) is 31.8. The molecule has 0 bridgehead atoms. The Labute approximate surface area is 231 Å². The number of carbonyl (C=O) groups excluding carboxylic acids is 1. The van der Waals surface area contributed by atoms with Gasteiger partial charge in [-0.25, -0.2) is 0 Å². The summed E-state index contributed by atoms with van der Waals surface area (Å²) in [5.41, 5.74) is 2.97. The lowest BCUT2D eigenvalue weighted by atomic mass is 9.87. The number of piperidine rings is 1. The van der Waals surface area contributed by atoms with Crippen molar-refractivity contribution < 1.29 is 23.8 Å². The van der Waals surface area contributed by atoms with Crippen LogP contribution >= 0.6 is 0 Å². The monoisotopic (exact) mass is 534 g/mol. The van der Waals surface area contributed by atoms with Crippen molar-refractivity contribution >= 4 is 16.9 Å². The Kier molecular flexibility index (Phi) is 7.41. The summed E-state index contributed by atoms with van der Waals surface area (Å²) in [5, 5.41) is 22.1. The van der Waals surface area contributed by atoms with Crippen molar-refractivity contribution in [3.8, 4) is 17.2 Å². The Morgan fingerprint density at radius 2 is 1.68 bits per heavy atom. The molecule has 2 heterocycles. The molecule has 0 radical (unpaired) electrons. The highest BCUT2D eigenvalue weighted by Crippen LogP contribution is 2.32. The van der Waals surface area contributed by atoms with E-state index < -0.39 is 6.09 Å². The van der Waals surface area contributed by atoms with E-state index in [0.29, 0.717) is 37.1 Å². The van der Waals surface area contributed by atoms with Crippen molar-refractivity contribution in [1.82, 2.24) is 15.1 Å². The largest absolute Gasteiger partial charge is 0.530 e. The van der Waals surface area contributed by atoms with E-state index in [0.717, 1.165) is 22.1 Å². The third kappa shape index (κ3) is 5.82. The second-order valence-corrected chi connectivity index (χ2v) is 9.86. The quantitative estimate of drug-likeness (QED) is 0.270. The van der Waals surface area contributed by atoms with Crippen LogP contribution in [0, 0.1) is 0 Å². The van der Waals surface area contributed by atoms with E-state index in [1.807, 2.05) is 66.7 Å². The number of carboxylic acid groups (broad SMARTS) is 1. The van der Waals surface area contributed by atoms with Gasteiger partial charge in [0.05, 0.1) is 12.7 Å². The smallest absolute Gasteiger partial charge is 0.254 e. The predicted molar refractivity (Wildman–Crippen MR) is 147 cm³/mol. The number of ether oxygens (including phenoxy) is 2. The maximum Gasteiger partial charge on any atom is 0.254 e. The van der Waals surface area contributed by atoms with Gasteiger partial charge in [-0.15, -0.1) is 10.2 Å².